The molecule has 0 aliphatic carbocycles. The summed E-state index contributed by atoms with van der Waals surface area (Å²) in [7, 11) is 1.68. The Morgan fingerprint density at radius 1 is 1.03 bits per heavy atom. The van der Waals surface area contributed by atoms with E-state index in [1.165, 1.54) is 5.69 Å². The van der Waals surface area contributed by atoms with Crippen LogP contribution in [0.15, 0.2) is 30.6 Å². The summed E-state index contributed by atoms with van der Waals surface area (Å²) in [6.45, 7) is 7.02. The highest BCUT2D eigenvalue weighted by atomic mass is 16.5. The van der Waals surface area contributed by atoms with Crippen LogP contribution in [0.2, 0.25) is 0 Å². The van der Waals surface area contributed by atoms with Gasteiger partial charge in [-0.1, -0.05) is 0 Å². The minimum Gasteiger partial charge on any atom is -0.497 e. The topological polar surface area (TPSA) is 97.0 Å². The first-order chi connectivity index (χ1) is 15.6. The summed E-state index contributed by atoms with van der Waals surface area (Å²) in [5, 5.41) is 0. The van der Waals surface area contributed by atoms with Gasteiger partial charge in [0.1, 0.15) is 17.8 Å². The Labute approximate surface area is 189 Å². The second-order valence-electron chi connectivity index (χ2n) is 8.14. The Morgan fingerprint density at radius 3 is 2.34 bits per heavy atom. The molecule has 32 heavy (non-hydrogen) atoms. The third kappa shape index (κ3) is 4.66. The quantitative estimate of drug-likeness (QED) is 0.678. The van der Waals surface area contributed by atoms with Gasteiger partial charge in [0, 0.05) is 45.0 Å². The lowest BCUT2D eigenvalue weighted by Gasteiger charge is -2.38. The van der Waals surface area contributed by atoms with Crippen LogP contribution in [-0.2, 0) is 9.53 Å². The molecule has 3 heterocycles. The first-order valence-corrected chi connectivity index (χ1v) is 11.3. The van der Waals surface area contributed by atoms with E-state index in [0.717, 1.165) is 57.1 Å². The maximum Gasteiger partial charge on any atom is 0.310 e. The number of piperidine rings is 1. The zero-order valence-corrected chi connectivity index (χ0v) is 18.9. The van der Waals surface area contributed by atoms with Gasteiger partial charge in [-0.25, -0.2) is 9.97 Å². The number of nitrogen functional groups attached to an aromatic ring is 1. The third-order valence-corrected chi connectivity index (χ3v) is 6.20. The highest BCUT2D eigenvalue weighted by molar-refractivity contribution is 5.78. The Bertz CT molecular complexity index is 914. The minimum atomic E-state index is -0.144. The van der Waals surface area contributed by atoms with Crippen molar-refractivity contribution in [2.45, 2.75) is 19.8 Å². The van der Waals surface area contributed by atoms with Crippen molar-refractivity contribution in [2.75, 3.05) is 73.4 Å². The zero-order chi connectivity index (χ0) is 22.5. The van der Waals surface area contributed by atoms with Gasteiger partial charge in [0.25, 0.3) is 0 Å². The molecular weight excluding hydrogens is 408 g/mol. The molecule has 0 radical (unpaired) electrons. The third-order valence-electron chi connectivity index (χ3n) is 6.20. The molecule has 2 N–H and O–H groups in total. The maximum absolute atomic E-state index is 12.2. The number of anilines is 4. The summed E-state index contributed by atoms with van der Waals surface area (Å²) in [6.07, 6.45) is 3.31. The van der Waals surface area contributed by atoms with Gasteiger partial charge in [-0.15, -0.1) is 0 Å². The van der Waals surface area contributed by atoms with Gasteiger partial charge in [-0.05, 0) is 44.0 Å². The molecule has 1 aromatic carbocycles. The number of methoxy groups -OCH3 is 1. The molecule has 2 aromatic rings. The molecule has 0 bridgehead atoms. The molecule has 2 aliphatic heterocycles. The van der Waals surface area contributed by atoms with E-state index in [4.69, 9.17) is 15.2 Å². The number of benzene rings is 1. The SMILES string of the molecule is CCOC(=O)C1CCCN(c2ncnc(N3CCN(c4ccc(OC)cc4)CC3)c2N)C1. The van der Waals surface area contributed by atoms with Crippen molar-refractivity contribution in [3.63, 3.8) is 0 Å². The molecule has 1 atom stereocenters. The summed E-state index contributed by atoms with van der Waals surface area (Å²) < 4.78 is 10.5. The lowest BCUT2D eigenvalue weighted by atomic mass is 9.98. The number of rotatable bonds is 6. The van der Waals surface area contributed by atoms with Crippen molar-refractivity contribution in [1.29, 1.82) is 0 Å². The highest BCUT2D eigenvalue weighted by Crippen LogP contribution is 2.33. The van der Waals surface area contributed by atoms with Gasteiger partial charge in [0.15, 0.2) is 11.6 Å². The highest BCUT2D eigenvalue weighted by Gasteiger charge is 2.30. The number of nitrogens with zero attached hydrogens (tertiary/aromatic N) is 5. The standard InChI is InChI=1S/C23H32N6O3/c1-3-32-23(30)17-5-4-10-29(15-17)22-20(24)21(25-16-26-22)28-13-11-27(12-14-28)18-6-8-19(31-2)9-7-18/h6-9,16-17H,3-5,10-15,24H2,1-2H3. The number of hydrogen-bond donors (Lipinski definition) is 1. The van der Waals surface area contributed by atoms with Gasteiger partial charge in [-0.2, -0.15) is 0 Å². The number of ether oxygens (including phenoxy) is 2. The maximum atomic E-state index is 12.2. The van der Waals surface area contributed by atoms with E-state index in [-0.39, 0.29) is 11.9 Å². The van der Waals surface area contributed by atoms with Crippen molar-refractivity contribution in [2.24, 2.45) is 5.92 Å². The second-order valence-corrected chi connectivity index (χ2v) is 8.14. The van der Waals surface area contributed by atoms with Crippen LogP contribution in [0.5, 0.6) is 5.75 Å². The molecular formula is C23H32N6O3. The molecule has 9 heteroatoms. The lowest BCUT2D eigenvalue weighted by molar-refractivity contribution is -0.148. The molecule has 2 saturated heterocycles. The van der Waals surface area contributed by atoms with Crippen LogP contribution in [0.1, 0.15) is 19.8 Å². The number of aromatic nitrogens is 2. The van der Waals surface area contributed by atoms with E-state index in [0.29, 0.717) is 24.7 Å². The number of carbonyl (C=O) groups excluding carboxylic acids is 1. The summed E-state index contributed by atoms with van der Waals surface area (Å²) >= 11 is 0. The Hall–Kier alpha value is -3.23. The molecule has 1 unspecified atom stereocenters. The monoisotopic (exact) mass is 440 g/mol. The van der Waals surface area contributed by atoms with Crippen molar-refractivity contribution in [3.8, 4) is 5.75 Å². The average molecular weight is 441 g/mol. The number of esters is 1. The fourth-order valence-electron chi connectivity index (χ4n) is 4.47. The smallest absolute Gasteiger partial charge is 0.310 e. The molecule has 1 aromatic heterocycles. The van der Waals surface area contributed by atoms with E-state index < -0.39 is 0 Å². The fourth-order valence-corrected chi connectivity index (χ4v) is 4.47. The summed E-state index contributed by atoms with van der Waals surface area (Å²) in [6, 6.07) is 8.14. The van der Waals surface area contributed by atoms with Gasteiger partial charge in [-0.3, -0.25) is 4.79 Å². The largest absolute Gasteiger partial charge is 0.497 e. The van der Waals surface area contributed by atoms with Gasteiger partial charge >= 0.3 is 5.97 Å². The second kappa shape index (κ2) is 9.93. The molecule has 2 aliphatic rings. The molecule has 0 amide bonds. The van der Waals surface area contributed by atoms with Gasteiger partial charge in [0.2, 0.25) is 0 Å². The average Bonchev–Trinajstić information content (AvgIpc) is 2.85. The fraction of sp³-hybridized carbons (Fsp3) is 0.522. The van der Waals surface area contributed by atoms with Crippen LogP contribution < -0.4 is 25.2 Å². The van der Waals surface area contributed by atoms with Crippen molar-refractivity contribution < 1.29 is 14.3 Å². The van der Waals surface area contributed by atoms with Crippen molar-refractivity contribution >= 4 is 29.0 Å². The Kier molecular flexibility index (Phi) is 6.82. The van der Waals surface area contributed by atoms with Crippen LogP contribution in [0.25, 0.3) is 0 Å². The van der Waals surface area contributed by atoms with Crippen LogP contribution in [0.4, 0.5) is 23.0 Å². The van der Waals surface area contributed by atoms with E-state index in [1.807, 2.05) is 19.1 Å². The van der Waals surface area contributed by atoms with Crippen molar-refractivity contribution in [1.82, 2.24) is 9.97 Å². The van der Waals surface area contributed by atoms with E-state index >= 15 is 0 Å². The van der Waals surface area contributed by atoms with E-state index in [9.17, 15) is 4.79 Å². The van der Waals surface area contributed by atoms with E-state index in [2.05, 4.69) is 36.8 Å². The molecule has 4 rings (SSSR count). The lowest BCUT2D eigenvalue weighted by Crippen LogP contribution is -2.47. The zero-order valence-electron chi connectivity index (χ0n) is 18.9. The Balaban J connectivity index is 1.43. The minimum absolute atomic E-state index is 0.139. The van der Waals surface area contributed by atoms with Crippen LogP contribution in [-0.4, -0.2) is 68.9 Å². The van der Waals surface area contributed by atoms with E-state index in [1.54, 1.807) is 13.4 Å². The molecule has 0 spiro atoms. The predicted octanol–water partition coefficient (Wildman–Crippen LogP) is 2.17. The number of piperazine rings is 1. The molecule has 172 valence electrons. The molecule has 2 fully saturated rings. The van der Waals surface area contributed by atoms with Gasteiger partial charge < -0.3 is 29.9 Å². The molecule has 9 nitrogen and oxygen atoms in total. The molecule has 0 saturated carbocycles. The number of hydrogen-bond acceptors (Lipinski definition) is 9. The number of carbonyl (C=O) groups is 1. The van der Waals surface area contributed by atoms with Gasteiger partial charge in [0.05, 0.1) is 19.6 Å². The summed E-state index contributed by atoms with van der Waals surface area (Å²) in [5.74, 6) is 2.05. The van der Waals surface area contributed by atoms with Crippen LogP contribution in [0, 0.1) is 5.92 Å². The predicted molar refractivity (Wildman–Crippen MR) is 125 cm³/mol. The van der Waals surface area contributed by atoms with Crippen molar-refractivity contribution in [3.05, 3.63) is 30.6 Å². The Morgan fingerprint density at radius 2 is 1.69 bits per heavy atom. The van der Waals surface area contributed by atoms with Crippen LogP contribution >= 0.6 is 0 Å². The first kappa shape index (κ1) is 22.0. The van der Waals surface area contributed by atoms with Crippen LogP contribution in [0.3, 0.4) is 0 Å². The summed E-state index contributed by atoms with van der Waals surface area (Å²) in [5.41, 5.74) is 8.31. The first-order valence-electron chi connectivity index (χ1n) is 11.3. The summed E-state index contributed by atoms with van der Waals surface area (Å²) in [4.78, 5) is 27.8. The normalized spacial score (nSPS) is 19.1. The number of nitrogens with two attached hydrogens (primary N) is 1.